The van der Waals surface area contributed by atoms with Crippen LogP contribution in [0.4, 0.5) is 5.69 Å². The number of rotatable bonds is 7. The van der Waals surface area contributed by atoms with Crippen LogP contribution in [-0.2, 0) is 16.6 Å². The van der Waals surface area contributed by atoms with Crippen LogP contribution in [0.2, 0.25) is 0 Å². The highest BCUT2D eigenvalue weighted by Crippen LogP contribution is 2.43. The number of benzene rings is 2. The lowest BCUT2D eigenvalue weighted by Crippen LogP contribution is -2.36. The number of nitrogens with one attached hydrogen (secondary N) is 1. The lowest BCUT2D eigenvalue weighted by Gasteiger charge is -2.20. The van der Waals surface area contributed by atoms with E-state index in [4.69, 9.17) is 10.7 Å². The zero-order valence-corrected chi connectivity index (χ0v) is 17.5. The van der Waals surface area contributed by atoms with Crippen molar-refractivity contribution in [3.8, 4) is 0 Å². The number of hydrogen-bond donors (Lipinski definition) is 2. The number of nitrogens with zero attached hydrogens (tertiary/aromatic N) is 2. The molecule has 0 spiro atoms. The molecule has 0 radical (unpaired) electrons. The minimum Gasteiger partial charge on any atom is -0.341 e. The second-order valence-electron chi connectivity index (χ2n) is 8.59. The van der Waals surface area contributed by atoms with E-state index in [0.717, 1.165) is 60.3 Å². The zero-order valence-electron chi connectivity index (χ0n) is 17.5. The molecule has 0 saturated heterocycles. The van der Waals surface area contributed by atoms with Crippen LogP contribution in [0.1, 0.15) is 63.0 Å². The molecule has 2 heterocycles. The van der Waals surface area contributed by atoms with E-state index >= 15 is 0 Å². The lowest BCUT2D eigenvalue weighted by atomic mass is 9.86. The van der Waals surface area contributed by atoms with E-state index in [-0.39, 0.29) is 11.9 Å². The molecule has 2 aromatic carbocycles. The molecule has 1 aliphatic heterocycles. The molecular weight excluding hydrogens is 360 g/mol. The summed E-state index contributed by atoms with van der Waals surface area (Å²) < 4.78 is 0. The summed E-state index contributed by atoms with van der Waals surface area (Å²) >= 11 is 0. The minimum atomic E-state index is -0.521. The summed E-state index contributed by atoms with van der Waals surface area (Å²) in [6.45, 7) is 6.97. The first-order valence-corrected chi connectivity index (χ1v) is 10.6. The molecule has 1 aliphatic rings. The van der Waals surface area contributed by atoms with Crippen LogP contribution in [0.25, 0.3) is 11.0 Å². The Morgan fingerprint density at radius 2 is 1.93 bits per heavy atom. The van der Waals surface area contributed by atoms with Crippen molar-refractivity contribution >= 4 is 22.6 Å². The highest BCUT2D eigenvalue weighted by molar-refractivity contribution is 6.09. The largest absolute Gasteiger partial charge is 0.341 e. The van der Waals surface area contributed by atoms with Crippen molar-refractivity contribution < 1.29 is 4.79 Å². The lowest BCUT2D eigenvalue weighted by molar-refractivity contribution is -0.122. The maximum absolute atomic E-state index is 13.0. The fraction of sp³-hybridized carbons (Fsp3) is 0.417. The number of carbonyl (C=O) groups is 1. The first kappa shape index (κ1) is 19.6. The Balaban J connectivity index is 1.66. The number of nitrogens with two attached hydrogens (primary N) is 1. The fourth-order valence-electron chi connectivity index (χ4n) is 4.23. The van der Waals surface area contributed by atoms with E-state index < -0.39 is 5.41 Å². The number of amides is 1. The standard InChI is InChI=1S/C24H30N4O/c1-4-5-9-12-28-21-15-20-19(14-17(21)24(2,3)23(28)29)26-22(27-20)18(25)13-16-10-7-6-8-11-16/h6-8,10-11,14-15,18H,4-5,9,12-13,25H2,1-3H3,(H,26,27)/t18-/m1/s1. The Morgan fingerprint density at radius 1 is 1.17 bits per heavy atom. The van der Waals surface area contributed by atoms with Gasteiger partial charge in [-0.2, -0.15) is 0 Å². The van der Waals surface area contributed by atoms with Crippen molar-refractivity contribution in [2.24, 2.45) is 5.73 Å². The smallest absolute Gasteiger partial charge is 0.237 e. The number of anilines is 1. The van der Waals surface area contributed by atoms with E-state index in [9.17, 15) is 4.79 Å². The average Bonchev–Trinajstić information content (AvgIpc) is 3.20. The Morgan fingerprint density at radius 3 is 2.66 bits per heavy atom. The second kappa shape index (κ2) is 7.64. The van der Waals surface area contributed by atoms with Gasteiger partial charge in [-0.05, 0) is 49.9 Å². The predicted octanol–water partition coefficient (Wildman–Crippen LogP) is 4.62. The van der Waals surface area contributed by atoms with Crippen LogP contribution >= 0.6 is 0 Å². The number of aromatic amines is 1. The quantitative estimate of drug-likeness (QED) is 0.578. The Kier molecular flexibility index (Phi) is 5.17. The molecule has 3 aromatic rings. The van der Waals surface area contributed by atoms with E-state index in [2.05, 4.69) is 36.2 Å². The number of H-pyrrole nitrogens is 1. The van der Waals surface area contributed by atoms with Gasteiger partial charge in [0.25, 0.3) is 0 Å². The van der Waals surface area contributed by atoms with Crippen LogP contribution in [0.3, 0.4) is 0 Å². The van der Waals surface area contributed by atoms with Crippen molar-refractivity contribution in [3.63, 3.8) is 0 Å². The number of carbonyl (C=O) groups excluding carboxylic acids is 1. The van der Waals surface area contributed by atoms with Crippen molar-refractivity contribution in [2.45, 2.75) is 57.9 Å². The number of aromatic nitrogens is 2. The molecule has 0 saturated carbocycles. The predicted molar refractivity (Wildman–Crippen MR) is 118 cm³/mol. The second-order valence-corrected chi connectivity index (χ2v) is 8.59. The molecule has 0 fully saturated rings. The van der Waals surface area contributed by atoms with Gasteiger partial charge in [0.05, 0.1) is 28.2 Å². The van der Waals surface area contributed by atoms with Gasteiger partial charge < -0.3 is 15.6 Å². The average molecular weight is 391 g/mol. The molecule has 4 rings (SSSR count). The highest BCUT2D eigenvalue weighted by atomic mass is 16.2. The third-order valence-electron chi connectivity index (χ3n) is 6.00. The third kappa shape index (κ3) is 3.55. The summed E-state index contributed by atoms with van der Waals surface area (Å²) in [5, 5.41) is 0. The van der Waals surface area contributed by atoms with Crippen LogP contribution in [-0.4, -0.2) is 22.4 Å². The first-order valence-electron chi connectivity index (χ1n) is 10.6. The van der Waals surface area contributed by atoms with Crippen LogP contribution < -0.4 is 10.6 Å². The van der Waals surface area contributed by atoms with E-state index in [1.165, 1.54) is 5.56 Å². The van der Waals surface area contributed by atoms with Crippen molar-refractivity contribution in [2.75, 3.05) is 11.4 Å². The Hall–Kier alpha value is -2.66. The van der Waals surface area contributed by atoms with E-state index in [0.29, 0.717) is 0 Å². The topological polar surface area (TPSA) is 75.0 Å². The van der Waals surface area contributed by atoms with Crippen LogP contribution in [0.15, 0.2) is 42.5 Å². The highest BCUT2D eigenvalue weighted by Gasteiger charge is 2.44. The van der Waals surface area contributed by atoms with Gasteiger partial charge in [-0.3, -0.25) is 4.79 Å². The van der Waals surface area contributed by atoms with Gasteiger partial charge in [-0.15, -0.1) is 0 Å². The van der Waals surface area contributed by atoms with Crippen LogP contribution in [0.5, 0.6) is 0 Å². The summed E-state index contributed by atoms with van der Waals surface area (Å²) in [5.41, 5.74) is 11.0. The molecule has 5 heteroatoms. The van der Waals surface area contributed by atoms with Gasteiger partial charge in [-0.1, -0.05) is 50.1 Å². The van der Waals surface area contributed by atoms with E-state index in [1.54, 1.807) is 0 Å². The molecule has 3 N–H and O–H groups in total. The number of unbranched alkanes of at least 4 members (excludes halogenated alkanes) is 2. The van der Waals surface area contributed by atoms with Gasteiger partial charge in [0.1, 0.15) is 5.82 Å². The molecular formula is C24H30N4O. The molecule has 1 amide bonds. The SMILES string of the molecule is CCCCCN1C(=O)C(C)(C)c2cc3[nH]c([C@H](N)Cc4ccccc4)nc3cc21. The fourth-order valence-corrected chi connectivity index (χ4v) is 4.23. The maximum atomic E-state index is 13.0. The normalized spacial score (nSPS) is 16.4. The monoisotopic (exact) mass is 390 g/mol. The number of fused-ring (bicyclic) bond motifs is 2. The van der Waals surface area contributed by atoms with Crippen molar-refractivity contribution in [3.05, 3.63) is 59.4 Å². The summed E-state index contributed by atoms with van der Waals surface area (Å²) in [5.74, 6) is 0.964. The zero-order chi connectivity index (χ0) is 20.6. The molecule has 0 bridgehead atoms. The Bertz CT molecular complexity index is 1020. The maximum Gasteiger partial charge on any atom is 0.237 e. The molecule has 152 valence electrons. The van der Waals surface area contributed by atoms with Crippen LogP contribution in [0, 0.1) is 0 Å². The summed E-state index contributed by atoms with van der Waals surface area (Å²) in [6.07, 6.45) is 4.01. The molecule has 1 atom stereocenters. The molecule has 0 aliphatic carbocycles. The van der Waals surface area contributed by atoms with Gasteiger partial charge in [0.15, 0.2) is 0 Å². The molecule has 29 heavy (non-hydrogen) atoms. The molecule has 5 nitrogen and oxygen atoms in total. The summed E-state index contributed by atoms with van der Waals surface area (Å²) in [4.78, 5) is 23.2. The first-order chi connectivity index (χ1) is 13.9. The van der Waals surface area contributed by atoms with Crippen molar-refractivity contribution in [1.82, 2.24) is 9.97 Å². The summed E-state index contributed by atoms with van der Waals surface area (Å²) in [7, 11) is 0. The Labute approximate surface area is 172 Å². The molecule has 0 unspecified atom stereocenters. The third-order valence-corrected chi connectivity index (χ3v) is 6.00. The van der Waals surface area contributed by atoms with E-state index in [1.807, 2.05) is 36.9 Å². The number of hydrogen-bond acceptors (Lipinski definition) is 3. The van der Waals surface area contributed by atoms with Gasteiger partial charge >= 0.3 is 0 Å². The minimum absolute atomic E-state index is 0.178. The van der Waals surface area contributed by atoms with Gasteiger partial charge in [0.2, 0.25) is 5.91 Å². The van der Waals surface area contributed by atoms with Gasteiger partial charge in [0, 0.05) is 6.54 Å². The molecule has 1 aromatic heterocycles. The summed E-state index contributed by atoms with van der Waals surface area (Å²) in [6, 6.07) is 14.2. The van der Waals surface area contributed by atoms with Gasteiger partial charge in [-0.25, -0.2) is 4.98 Å². The number of imidazole rings is 1. The van der Waals surface area contributed by atoms with Crippen molar-refractivity contribution in [1.29, 1.82) is 0 Å².